The lowest BCUT2D eigenvalue weighted by Crippen LogP contribution is -2.14. The van der Waals surface area contributed by atoms with Crippen molar-refractivity contribution in [1.82, 2.24) is 0 Å². The Kier molecular flexibility index (Phi) is 4.53. The average molecular weight is 377 g/mol. The van der Waals surface area contributed by atoms with Crippen LogP contribution in [-0.4, -0.2) is 20.0 Å². The maximum Gasteiger partial charge on any atom is 0.658 e. The van der Waals surface area contributed by atoms with E-state index in [1.54, 1.807) is 0 Å². The van der Waals surface area contributed by atoms with Crippen molar-refractivity contribution in [1.29, 1.82) is 0 Å². The number of halogens is 7. The molecule has 0 saturated heterocycles. The van der Waals surface area contributed by atoms with Gasteiger partial charge in [-0.25, -0.2) is 4.39 Å². The van der Waals surface area contributed by atoms with Gasteiger partial charge in [-0.2, -0.15) is 26.3 Å². The molecule has 0 bridgehead atoms. The lowest BCUT2D eigenvalue weighted by Gasteiger charge is -2.16. The van der Waals surface area contributed by atoms with Gasteiger partial charge in [0.1, 0.15) is 5.75 Å². The van der Waals surface area contributed by atoms with Crippen molar-refractivity contribution in [2.24, 2.45) is 0 Å². The molecule has 2 nitrogen and oxygen atoms in total. The van der Waals surface area contributed by atoms with Crippen LogP contribution < -0.4 is 9.31 Å². The minimum absolute atomic E-state index is 0.0232. The molecule has 0 saturated carbocycles. The molecule has 137 valence electrons. The maximum atomic E-state index is 14.6. The van der Waals surface area contributed by atoms with E-state index in [1.165, 1.54) is 6.07 Å². The zero-order valence-electron chi connectivity index (χ0n) is 12.8. The highest BCUT2D eigenvalue weighted by Gasteiger charge is 2.32. The van der Waals surface area contributed by atoms with E-state index in [-0.39, 0.29) is 33.8 Å². The second-order valence-corrected chi connectivity index (χ2v) is 5.66. The lowest BCUT2D eigenvalue weighted by atomic mass is 9.93. The van der Waals surface area contributed by atoms with E-state index in [2.05, 4.69) is 0 Å². The molecule has 0 N–H and O–H groups in total. The van der Waals surface area contributed by atoms with Gasteiger partial charge in [-0.3, -0.25) is 0 Å². The molecule has 0 spiro atoms. The van der Waals surface area contributed by atoms with Gasteiger partial charge in [0.25, 0.3) is 0 Å². The minimum atomic E-state index is -4.61. The maximum absolute atomic E-state index is 14.6. The summed E-state index contributed by atoms with van der Waals surface area (Å²) in [5, 5.41) is 0. The Morgan fingerprint density at radius 1 is 0.808 bits per heavy atom. The zero-order valence-corrected chi connectivity index (χ0v) is 12.8. The highest BCUT2D eigenvalue weighted by Crippen LogP contribution is 2.41. The first kappa shape index (κ1) is 18.4. The normalized spacial score (nSPS) is 13.7. The van der Waals surface area contributed by atoms with Gasteiger partial charge in [-0.05, 0) is 28.8 Å². The van der Waals surface area contributed by atoms with Crippen LogP contribution in [0.1, 0.15) is 11.1 Å². The summed E-state index contributed by atoms with van der Waals surface area (Å²) in [6.45, 7) is 0. The predicted octanol–water partition coefficient (Wildman–Crippen LogP) is 5.01. The monoisotopic (exact) mass is 377 g/mol. The topological polar surface area (TPSA) is 18.5 Å². The molecule has 0 aromatic heterocycles. The molecule has 1 heterocycles. The molecule has 26 heavy (non-hydrogen) atoms. The number of hydrogen-bond acceptors (Lipinski definition) is 2. The Morgan fingerprint density at radius 2 is 1.50 bits per heavy atom. The van der Waals surface area contributed by atoms with Gasteiger partial charge in [0.2, 0.25) is 0 Å². The predicted molar refractivity (Wildman–Crippen MR) is 78.4 cm³/mol. The van der Waals surface area contributed by atoms with Crippen LogP contribution in [0.15, 0.2) is 30.3 Å². The van der Waals surface area contributed by atoms with Crippen molar-refractivity contribution in [2.45, 2.75) is 25.2 Å². The Hall–Kier alpha value is -2.39. The summed E-state index contributed by atoms with van der Waals surface area (Å²) in [5.74, 6) is -1.32. The summed E-state index contributed by atoms with van der Waals surface area (Å²) in [6, 6.07) is 5.21. The van der Waals surface area contributed by atoms with Gasteiger partial charge in [-0.1, -0.05) is 18.2 Å². The van der Waals surface area contributed by atoms with Crippen molar-refractivity contribution in [3.8, 4) is 22.6 Å². The zero-order chi connectivity index (χ0) is 19.1. The van der Waals surface area contributed by atoms with Gasteiger partial charge in [0, 0.05) is 5.56 Å². The standard InChI is InChI=1S/C16H9BF7O2/c18-13-10(3-4-12-14(13)26-17-25-12)11-5-8(6-15(19,20)21)1-2-9(11)7-16(22,23)24/h1-5H,6-7H2. The summed E-state index contributed by atoms with van der Waals surface area (Å²) in [4.78, 5) is 0. The SMILES string of the molecule is Fc1c(-c2cc(CC(F)(F)F)ccc2CC(F)(F)F)ccc2c1O[B]O2. The molecule has 2 aromatic rings. The quantitative estimate of drug-likeness (QED) is 0.553. The fourth-order valence-corrected chi connectivity index (χ4v) is 2.66. The Balaban J connectivity index is 2.12. The summed E-state index contributed by atoms with van der Waals surface area (Å²) in [6.07, 6.45) is -11.9. The molecular weight excluding hydrogens is 368 g/mol. The van der Waals surface area contributed by atoms with Crippen LogP contribution in [0.3, 0.4) is 0 Å². The third-order valence-corrected chi connectivity index (χ3v) is 3.66. The van der Waals surface area contributed by atoms with E-state index in [0.717, 1.165) is 32.0 Å². The van der Waals surface area contributed by atoms with Crippen LogP contribution in [0.25, 0.3) is 11.1 Å². The van der Waals surface area contributed by atoms with Crippen LogP contribution in [0.4, 0.5) is 30.7 Å². The van der Waals surface area contributed by atoms with Crippen LogP contribution >= 0.6 is 0 Å². The van der Waals surface area contributed by atoms with Gasteiger partial charge < -0.3 is 9.31 Å². The van der Waals surface area contributed by atoms with Gasteiger partial charge in [-0.15, -0.1) is 0 Å². The van der Waals surface area contributed by atoms with Gasteiger partial charge >= 0.3 is 20.0 Å². The number of fused-ring (bicyclic) bond motifs is 1. The lowest BCUT2D eigenvalue weighted by molar-refractivity contribution is -0.128. The second kappa shape index (κ2) is 6.41. The van der Waals surface area contributed by atoms with E-state index >= 15 is 0 Å². The number of hydrogen-bond donors (Lipinski definition) is 0. The average Bonchev–Trinajstić information content (AvgIpc) is 2.96. The molecule has 1 aliphatic heterocycles. The molecule has 3 rings (SSSR count). The van der Waals surface area contributed by atoms with E-state index in [9.17, 15) is 30.7 Å². The smallest absolute Gasteiger partial charge is 0.524 e. The number of benzene rings is 2. The number of alkyl halides is 6. The van der Waals surface area contributed by atoms with Crippen molar-refractivity contribution < 1.29 is 40.0 Å². The first-order valence-electron chi connectivity index (χ1n) is 7.27. The molecule has 10 heteroatoms. The summed E-state index contributed by atoms with van der Waals surface area (Å²) < 4.78 is 101. The fraction of sp³-hybridized carbons (Fsp3) is 0.250. The largest absolute Gasteiger partial charge is 0.658 e. The van der Waals surface area contributed by atoms with Crippen LogP contribution in [0.5, 0.6) is 11.5 Å². The molecule has 1 aliphatic rings. The Morgan fingerprint density at radius 3 is 2.15 bits per heavy atom. The Bertz CT molecular complexity index is 831. The Labute approximate surface area is 143 Å². The molecule has 0 fully saturated rings. The van der Waals surface area contributed by atoms with Crippen molar-refractivity contribution in [3.63, 3.8) is 0 Å². The van der Waals surface area contributed by atoms with Crippen LogP contribution in [0, 0.1) is 5.82 Å². The van der Waals surface area contributed by atoms with E-state index in [4.69, 9.17) is 9.31 Å². The third-order valence-electron chi connectivity index (χ3n) is 3.66. The molecule has 0 amide bonds. The summed E-state index contributed by atoms with van der Waals surface area (Å²) >= 11 is 0. The van der Waals surface area contributed by atoms with Crippen molar-refractivity contribution >= 4 is 7.69 Å². The number of rotatable bonds is 3. The third kappa shape index (κ3) is 4.05. The highest BCUT2D eigenvalue weighted by atomic mass is 19.4. The molecular formula is C16H9BF7O2. The molecule has 0 aliphatic carbocycles. The van der Waals surface area contributed by atoms with Gasteiger partial charge in [0.15, 0.2) is 11.6 Å². The minimum Gasteiger partial charge on any atom is -0.524 e. The van der Waals surface area contributed by atoms with Crippen molar-refractivity contribution in [3.05, 3.63) is 47.3 Å². The first-order valence-corrected chi connectivity index (χ1v) is 7.27. The molecule has 0 atom stereocenters. The van der Waals surface area contributed by atoms with E-state index < -0.39 is 31.0 Å². The van der Waals surface area contributed by atoms with Gasteiger partial charge in [0.05, 0.1) is 12.8 Å². The fourth-order valence-electron chi connectivity index (χ4n) is 2.66. The summed E-state index contributed by atoms with van der Waals surface area (Å²) in [5.41, 5.74) is -1.20. The van der Waals surface area contributed by atoms with Crippen LogP contribution in [0.2, 0.25) is 0 Å². The van der Waals surface area contributed by atoms with Crippen LogP contribution in [-0.2, 0) is 12.8 Å². The molecule has 0 unspecified atom stereocenters. The van der Waals surface area contributed by atoms with E-state index in [1.807, 2.05) is 0 Å². The van der Waals surface area contributed by atoms with Crippen molar-refractivity contribution in [2.75, 3.05) is 0 Å². The second-order valence-electron chi connectivity index (χ2n) is 5.66. The summed E-state index contributed by atoms with van der Waals surface area (Å²) in [7, 11) is 0.841. The molecule has 2 aromatic carbocycles. The first-order chi connectivity index (χ1) is 12.0. The van der Waals surface area contributed by atoms with E-state index in [0.29, 0.717) is 0 Å². The molecule has 1 radical (unpaired) electrons. The highest BCUT2D eigenvalue weighted by molar-refractivity contribution is 6.23.